The van der Waals surface area contributed by atoms with Crippen molar-refractivity contribution in [3.8, 4) is 28.4 Å². The maximum Gasteiger partial charge on any atom is 0.312 e. The highest BCUT2D eigenvalue weighted by atomic mass is 16.5. The molecule has 0 spiro atoms. The molecule has 0 saturated heterocycles. The molecule has 0 bridgehead atoms. The molecule has 7 nitrogen and oxygen atoms in total. The van der Waals surface area contributed by atoms with Gasteiger partial charge in [0.2, 0.25) is 5.75 Å². The number of methoxy groups -OCH3 is 2. The Morgan fingerprint density at radius 1 is 1.07 bits per heavy atom. The molecular weight excluding hydrogens is 362 g/mol. The number of nitrogens with one attached hydrogen (secondary N) is 1. The van der Waals surface area contributed by atoms with Crippen LogP contribution < -0.4 is 19.5 Å². The van der Waals surface area contributed by atoms with Crippen LogP contribution in [0, 0.1) is 5.41 Å². The van der Waals surface area contributed by atoms with Crippen molar-refractivity contribution in [2.45, 2.75) is 20.4 Å². The van der Waals surface area contributed by atoms with E-state index in [1.807, 2.05) is 12.1 Å². The minimum Gasteiger partial charge on any atom is -0.493 e. The molecule has 0 saturated carbocycles. The van der Waals surface area contributed by atoms with Gasteiger partial charge in [-0.3, -0.25) is 9.59 Å². The minimum absolute atomic E-state index is 0.0644. The Balaban J connectivity index is 2.15. The molecule has 2 aromatic rings. The number of benzene rings is 2. The largest absolute Gasteiger partial charge is 0.493 e. The van der Waals surface area contributed by atoms with Gasteiger partial charge in [-0.05, 0) is 43.2 Å². The number of ether oxygens (including phenoxy) is 3. The van der Waals surface area contributed by atoms with Crippen LogP contribution in [0.1, 0.15) is 29.8 Å². The van der Waals surface area contributed by atoms with Crippen LogP contribution in [-0.4, -0.2) is 37.8 Å². The van der Waals surface area contributed by atoms with Gasteiger partial charge in [0.05, 0.1) is 19.6 Å². The molecule has 1 aliphatic heterocycles. The van der Waals surface area contributed by atoms with E-state index in [0.29, 0.717) is 34.9 Å². The Labute approximate surface area is 163 Å². The molecule has 1 amide bonds. The van der Waals surface area contributed by atoms with Crippen LogP contribution in [0.3, 0.4) is 0 Å². The van der Waals surface area contributed by atoms with E-state index >= 15 is 0 Å². The third-order valence-electron chi connectivity index (χ3n) is 4.79. The summed E-state index contributed by atoms with van der Waals surface area (Å²) in [7, 11) is 3.02. The SMILES string of the molecule is COc1ccc(-c2cccc3c2CNC3=O)c(OCC(C)(C)C(=O)O)c1OC. The third kappa shape index (κ3) is 3.35. The fraction of sp³-hybridized carbons (Fsp3) is 0.333. The summed E-state index contributed by atoms with van der Waals surface area (Å²) < 4.78 is 16.9. The summed E-state index contributed by atoms with van der Waals surface area (Å²) >= 11 is 0. The number of carbonyl (C=O) groups excluding carboxylic acids is 1. The van der Waals surface area contributed by atoms with Gasteiger partial charge in [0, 0.05) is 17.7 Å². The van der Waals surface area contributed by atoms with Crippen LogP contribution in [0.25, 0.3) is 11.1 Å². The average Bonchev–Trinajstić information content (AvgIpc) is 3.06. The Morgan fingerprint density at radius 2 is 1.79 bits per heavy atom. The van der Waals surface area contributed by atoms with E-state index in [1.165, 1.54) is 14.2 Å². The number of hydrogen-bond donors (Lipinski definition) is 2. The second-order valence-electron chi connectivity index (χ2n) is 7.17. The fourth-order valence-corrected chi connectivity index (χ4v) is 3.07. The van der Waals surface area contributed by atoms with E-state index in [-0.39, 0.29) is 12.5 Å². The second-order valence-corrected chi connectivity index (χ2v) is 7.17. The van der Waals surface area contributed by atoms with Crippen molar-refractivity contribution in [2.75, 3.05) is 20.8 Å². The summed E-state index contributed by atoms with van der Waals surface area (Å²) in [6.07, 6.45) is 0. The van der Waals surface area contributed by atoms with Gasteiger partial charge < -0.3 is 24.6 Å². The lowest BCUT2D eigenvalue weighted by molar-refractivity contribution is -0.148. The minimum atomic E-state index is -1.10. The van der Waals surface area contributed by atoms with Crippen LogP contribution >= 0.6 is 0 Å². The molecule has 0 fully saturated rings. The number of rotatable bonds is 7. The normalized spacial score (nSPS) is 12.9. The number of carboxylic acids is 1. The summed E-state index contributed by atoms with van der Waals surface area (Å²) in [5.74, 6) is 0.134. The lowest BCUT2D eigenvalue weighted by atomic mass is 9.94. The van der Waals surface area contributed by atoms with E-state index < -0.39 is 11.4 Å². The Hall–Kier alpha value is -3.22. The molecule has 0 atom stereocenters. The molecule has 28 heavy (non-hydrogen) atoms. The highest BCUT2D eigenvalue weighted by Crippen LogP contribution is 2.46. The molecule has 0 unspecified atom stereocenters. The van der Waals surface area contributed by atoms with Gasteiger partial charge in [0.1, 0.15) is 6.61 Å². The summed E-state index contributed by atoms with van der Waals surface area (Å²) in [5.41, 5.74) is 1.90. The summed E-state index contributed by atoms with van der Waals surface area (Å²) in [4.78, 5) is 23.5. The zero-order valence-corrected chi connectivity index (χ0v) is 16.3. The first-order valence-corrected chi connectivity index (χ1v) is 8.81. The van der Waals surface area contributed by atoms with Crippen LogP contribution in [0.2, 0.25) is 0 Å². The van der Waals surface area contributed by atoms with E-state index in [9.17, 15) is 14.7 Å². The smallest absolute Gasteiger partial charge is 0.312 e. The predicted molar refractivity (Wildman–Crippen MR) is 103 cm³/mol. The van der Waals surface area contributed by atoms with Crippen molar-refractivity contribution < 1.29 is 28.9 Å². The molecule has 148 valence electrons. The van der Waals surface area contributed by atoms with E-state index in [1.54, 1.807) is 32.0 Å². The number of amides is 1. The molecule has 2 N–H and O–H groups in total. The van der Waals surface area contributed by atoms with Gasteiger partial charge in [-0.1, -0.05) is 12.1 Å². The number of fused-ring (bicyclic) bond motifs is 1. The molecule has 2 aromatic carbocycles. The highest BCUT2D eigenvalue weighted by Gasteiger charge is 2.31. The van der Waals surface area contributed by atoms with Gasteiger partial charge in [0.25, 0.3) is 5.91 Å². The van der Waals surface area contributed by atoms with Crippen LogP contribution in [0.15, 0.2) is 30.3 Å². The van der Waals surface area contributed by atoms with Crippen molar-refractivity contribution in [1.82, 2.24) is 5.32 Å². The monoisotopic (exact) mass is 385 g/mol. The number of hydrogen-bond acceptors (Lipinski definition) is 5. The maximum atomic E-state index is 12.0. The zero-order chi connectivity index (χ0) is 20.5. The molecular formula is C21H23NO6. The summed E-state index contributed by atoms with van der Waals surface area (Å²) in [6, 6.07) is 9.06. The second kappa shape index (κ2) is 7.42. The fourth-order valence-electron chi connectivity index (χ4n) is 3.07. The van der Waals surface area contributed by atoms with Gasteiger partial charge in [0.15, 0.2) is 11.5 Å². The van der Waals surface area contributed by atoms with Gasteiger partial charge >= 0.3 is 5.97 Å². The Kier molecular flexibility index (Phi) is 5.18. The standard InChI is InChI=1S/C21H23NO6/c1-21(2,20(24)25)11-28-17-13(8-9-16(26-3)18(17)27-4)12-6-5-7-14-15(12)10-22-19(14)23/h5-9H,10-11H2,1-4H3,(H,22,23)(H,24,25). The van der Waals surface area contributed by atoms with Crippen molar-refractivity contribution in [3.05, 3.63) is 41.5 Å². The Morgan fingerprint density at radius 3 is 2.43 bits per heavy atom. The van der Waals surface area contributed by atoms with Crippen molar-refractivity contribution >= 4 is 11.9 Å². The molecule has 3 rings (SSSR count). The molecule has 1 aliphatic rings. The molecule has 0 aliphatic carbocycles. The summed E-state index contributed by atoms with van der Waals surface area (Å²) in [6.45, 7) is 3.53. The first kappa shape index (κ1) is 19.5. The molecule has 0 radical (unpaired) electrons. The van der Waals surface area contributed by atoms with Gasteiger partial charge in [-0.25, -0.2) is 0 Å². The van der Waals surface area contributed by atoms with E-state index in [4.69, 9.17) is 14.2 Å². The van der Waals surface area contributed by atoms with Crippen LogP contribution in [0.5, 0.6) is 17.2 Å². The number of carboxylic acid groups (broad SMARTS) is 1. The highest BCUT2D eigenvalue weighted by molar-refractivity contribution is 6.01. The van der Waals surface area contributed by atoms with Gasteiger partial charge in [-0.15, -0.1) is 0 Å². The van der Waals surface area contributed by atoms with Crippen molar-refractivity contribution in [3.63, 3.8) is 0 Å². The third-order valence-corrected chi connectivity index (χ3v) is 4.79. The van der Waals surface area contributed by atoms with Gasteiger partial charge in [-0.2, -0.15) is 0 Å². The predicted octanol–water partition coefficient (Wildman–Crippen LogP) is 3.10. The number of carbonyl (C=O) groups is 2. The van der Waals surface area contributed by atoms with E-state index in [2.05, 4.69) is 5.32 Å². The van der Waals surface area contributed by atoms with E-state index in [0.717, 1.165) is 11.1 Å². The zero-order valence-electron chi connectivity index (χ0n) is 16.3. The lowest BCUT2D eigenvalue weighted by Crippen LogP contribution is -2.30. The molecule has 1 heterocycles. The topological polar surface area (TPSA) is 94.1 Å². The molecule has 0 aromatic heterocycles. The van der Waals surface area contributed by atoms with Crippen LogP contribution in [0.4, 0.5) is 0 Å². The summed E-state index contributed by atoms with van der Waals surface area (Å²) in [5, 5.41) is 12.2. The number of aliphatic carboxylic acids is 1. The van der Waals surface area contributed by atoms with Crippen molar-refractivity contribution in [1.29, 1.82) is 0 Å². The molecule has 7 heteroatoms. The average molecular weight is 385 g/mol. The first-order chi connectivity index (χ1) is 13.3. The van der Waals surface area contributed by atoms with Crippen LogP contribution in [-0.2, 0) is 11.3 Å². The Bertz CT molecular complexity index is 935. The lowest BCUT2D eigenvalue weighted by Gasteiger charge is -2.23. The quantitative estimate of drug-likeness (QED) is 0.761. The van der Waals surface area contributed by atoms with Crippen molar-refractivity contribution in [2.24, 2.45) is 5.41 Å². The first-order valence-electron chi connectivity index (χ1n) is 8.81. The maximum absolute atomic E-state index is 12.0.